The van der Waals surface area contributed by atoms with E-state index in [4.69, 9.17) is 143 Å². The summed E-state index contributed by atoms with van der Waals surface area (Å²) in [5, 5.41) is 20.2. The zero-order chi connectivity index (χ0) is 57.4. The number of rotatable bonds is 9. The summed E-state index contributed by atoms with van der Waals surface area (Å²) in [6, 6.07) is 42.8. The average molecular weight is 1480 g/mol. The van der Waals surface area contributed by atoms with Crippen LogP contribution in [0.2, 0.25) is 30.1 Å². The first-order valence-corrected chi connectivity index (χ1v) is 29.1. The van der Waals surface area contributed by atoms with Crippen LogP contribution in [0.3, 0.4) is 0 Å². The minimum absolute atomic E-state index is 0. The van der Waals surface area contributed by atoms with Crippen molar-refractivity contribution in [3.8, 4) is 0 Å². The van der Waals surface area contributed by atoms with E-state index in [0.717, 1.165) is 26.7 Å². The van der Waals surface area contributed by atoms with E-state index in [-0.39, 0.29) is 122 Å². The van der Waals surface area contributed by atoms with Crippen LogP contribution in [0.25, 0.3) is 0 Å². The van der Waals surface area contributed by atoms with Crippen molar-refractivity contribution in [1.82, 2.24) is 0 Å². The Morgan fingerprint density at radius 2 is 0.835 bits per heavy atom. The maximum atomic E-state index is 10.7. The molecule has 0 amide bonds. The van der Waals surface area contributed by atoms with Crippen molar-refractivity contribution >= 4 is 274 Å². The average Bonchev–Trinajstić information content (AvgIpc) is 3.30. The molecule has 11 nitrogen and oxygen atoms in total. The van der Waals surface area contributed by atoms with E-state index in [1.54, 1.807) is 84.9 Å². The Labute approximate surface area is 592 Å². The van der Waals surface area contributed by atoms with Crippen LogP contribution in [0.4, 0.5) is 0 Å². The van der Waals surface area contributed by atoms with Gasteiger partial charge in [0.25, 0.3) is 0 Å². The predicted octanol–water partition coefficient (Wildman–Crippen LogP) is 8.49. The van der Waals surface area contributed by atoms with Crippen LogP contribution < -0.4 is 29.9 Å². The number of hydrogen-bond donors (Lipinski definition) is 1. The summed E-state index contributed by atoms with van der Waals surface area (Å²) < 4.78 is 27.4. The fraction of sp³-hybridized carbons (Fsp3) is 0.106. The quantitative estimate of drug-likeness (QED) is 0.0631. The zero-order valence-corrected chi connectivity index (χ0v) is 58.0. The Hall–Kier alpha value is -0.111. The minimum Gasteiger partial charge on any atom is -1.00 e. The van der Waals surface area contributed by atoms with Crippen LogP contribution in [0.1, 0.15) is 41.6 Å². The van der Waals surface area contributed by atoms with Crippen LogP contribution in [0.5, 0.6) is 0 Å². The Kier molecular flexibility index (Phi) is 70.3. The van der Waals surface area contributed by atoms with Gasteiger partial charge in [0, 0.05) is 92.5 Å². The molecule has 0 saturated heterocycles. The fourth-order valence-electron chi connectivity index (χ4n) is 4.30. The van der Waals surface area contributed by atoms with Gasteiger partial charge >= 0.3 is 89.5 Å². The third-order valence-electron chi connectivity index (χ3n) is 7.32. The molecule has 6 rings (SSSR count). The van der Waals surface area contributed by atoms with E-state index >= 15 is 0 Å². The molecule has 0 spiro atoms. The van der Waals surface area contributed by atoms with Gasteiger partial charge in [-0.1, -0.05) is 160 Å². The number of halogens is 16. The molecule has 79 heavy (non-hydrogen) atoms. The number of carboxylic acids is 2. The van der Waals surface area contributed by atoms with E-state index < -0.39 is 45.3 Å². The molecule has 0 saturated carbocycles. The first-order valence-electron chi connectivity index (χ1n) is 19.1. The van der Waals surface area contributed by atoms with Gasteiger partial charge in [-0.2, -0.15) is 48.2 Å². The Morgan fingerprint density at radius 3 is 1.06 bits per heavy atom. The first-order chi connectivity index (χ1) is 34.5. The van der Waals surface area contributed by atoms with Gasteiger partial charge < -0.3 is 42.7 Å². The molecule has 1 atom stereocenters. The molecule has 0 radical (unpaired) electrons. The summed E-state index contributed by atoms with van der Waals surface area (Å²) in [5.74, 6) is -1.49. The van der Waals surface area contributed by atoms with Crippen molar-refractivity contribution in [3.63, 3.8) is 0 Å². The van der Waals surface area contributed by atoms with E-state index in [0.29, 0.717) is 42.7 Å². The zero-order valence-electron chi connectivity index (χ0n) is 42.0. The van der Waals surface area contributed by atoms with E-state index in [2.05, 4.69) is 49.7 Å². The molecule has 0 aliphatic carbocycles. The van der Waals surface area contributed by atoms with Crippen LogP contribution in [-0.4, -0.2) is 115 Å². The molecular weight excluding hydrogens is 1440 g/mol. The summed E-state index contributed by atoms with van der Waals surface area (Å²) in [5.41, 5.74) is 4.43. The number of carboxylic acid groups (broad SMARTS) is 2. The van der Waals surface area contributed by atoms with Crippen molar-refractivity contribution in [2.24, 2.45) is 0 Å². The van der Waals surface area contributed by atoms with Gasteiger partial charge in [-0.25, -0.2) is 4.21 Å². The largest absolute Gasteiger partial charge is 2.00 e. The molecule has 1 N–H and O–H groups in total. The second-order valence-corrected chi connectivity index (χ2v) is 22.7. The Bertz CT molecular complexity index is 2670. The Balaban J connectivity index is -0.0000000885. The maximum absolute atomic E-state index is 10.7. The van der Waals surface area contributed by atoms with Crippen molar-refractivity contribution < 1.29 is 79.3 Å². The number of carbonyl (C=O) groups excluding carboxylic acids is 5. The number of carbonyl (C=O) groups is 4. The SMILES string of the molecule is ClCc1ccccc1Cl.O=C(Cl)C(Cl)c1ccccc1Cl.O=C(Cl)Cc1ccccc1Cl.O=C(O)Cc1ccccc1Cl.O=C([O-])Cc1ccccc1Cl.O=C=O.O=S(=O)(Cl)Cl.O=S(Cl)Cl.[CH2-]c1ccccc1Cl.[Cl-].[Cl-].[H-].[H-].[Mg+2].[Mg+2].[Mg+2]. The minimum atomic E-state index is -3.72. The summed E-state index contributed by atoms with van der Waals surface area (Å²) in [6.07, 6.45) is 0.306. The third kappa shape index (κ3) is 58.1. The molecule has 0 bridgehead atoms. The summed E-state index contributed by atoms with van der Waals surface area (Å²) in [4.78, 5) is 57.8. The molecule has 0 heterocycles. The second-order valence-electron chi connectivity index (χ2n) is 12.6. The van der Waals surface area contributed by atoms with Crippen LogP contribution in [-0.2, 0) is 71.4 Å². The predicted molar refractivity (Wildman–Crippen MR) is 322 cm³/mol. The summed E-state index contributed by atoms with van der Waals surface area (Å²) in [7, 11) is 12.2. The van der Waals surface area contributed by atoms with Crippen LogP contribution >= 0.6 is 159 Å². The standard InChI is InChI=1S/C8H5Cl3O.C8H6Cl2O.2C8H7ClO2.C7H6Cl2.C7H6Cl.CO2.Cl2O2S.Cl2OS.2ClH.3Mg.2H/c9-6-4-2-1-3-5(6)7(10)8(11)12;3*9-7-4-2-1-3-6(7)5-8(10)11;8-5-6-3-1-2-4-7(6)9;1-6-4-2-3-5-7(6)8;2-1-3;1-5(2,3)4;1-4(2)3;;;;;;;/h1-4,7H;1-4H,5H2;2*1-4H,5H2,(H,10,11);1-4H,5H2;2-5H,1H2;;;;2*1H;;;;;/q;;;;;-1;;;;;;3*+2;2*-1/p-3. The van der Waals surface area contributed by atoms with Crippen LogP contribution in [0.15, 0.2) is 146 Å². The third-order valence-corrected chi connectivity index (χ3v) is 10.7. The van der Waals surface area contributed by atoms with Gasteiger partial charge in [0.2, 0.25) is 19.7 Å². The molecule has 422 valence electrons. The number of aliphatic carboxylic acids is 2. The van der Waals surface area contributed by atoms with Crippen molar-refractivity contribution in [1.29, 1.82) is 0 Å². The molecule has 0 fully saturated rings. The van der Waals surface area contributed by atoms with Crippen molar-refractivity contribution in [2.75, 3.05) is 0 Å². The summed E-state index contributed by atoms with van der Waals surface area (Å²) in [6.45, 7) is 3.69. The molecule has 32 heteroatoms. The number of hydrogen-bond acceptors (Lipinski definition) is 10. The number of alkyl halides is 2. The van der Waals surface area contributed by atoms with Gasteiger partial charge in [-0.05, 0) is 81.4 Å². The monoisotopic (exact) mass is 1470 g/mol. The first kappa shape index (κ1) is 95.2. The van der Waals surface area contributed by atoms with Crippen LogP contribution in [0, 0.1) is 6.92 Å². The molecule has 6 aromatic carbocycles. The Morgan fingerprint density at radius 1 is 0.570 bits per heavy atom. The van der Waals surface area contributed by atoms with E-state index in [1.165, 1.54) is 0 Å². The number of benzene rings is 6. The normalized spacial score (nSPS) is 9.20. The molecule has 1 unspecified atom stereocenters. The smallest absolute Gasteiger partial charge is 1.00 e. The van der Waals surface area contributed by atoms with Gasteiger partial charge in [0.15, 0.2) is 0 Å². The topological polar surface area (TPSA) is 197 Å². The molecular formula is C47H38Cl16Mg3O11S2. The fourth-order valence-corrected chi connectivity index (χ4v) is 6.30. The molecule has 0 aromatic heterocycles. The van der Waals surface area contributed by atoms with E-state index in [1.807, 2.05) is 60.7 Å². The molecule has 6 aromatic rings. The van der Waals surface area contributed by atoms with Crippen molar-refractivity contribution in [2.45, 2.75) is 30.5 Å². The second kappa shape index (κ2) is 58.3. The van der Waals surface area contributed by atoms with Gasteiger partial charge in [-0.15, -0.1) is 35.3 Å². The van der Waals surface area contributed by atoms with Gasteiger partial charge in [-0.3, -0.25) is 14.4 Å². The van der Waals surface area contributed by atoms with Crippen molar-refractivity contribution in [3.05, 3.63) is 216 Å². The maximum Gasteiger partial charge on any atom is 2.00 e. The molecule has 0 aliphatic heterocycles. The van der Waals surface area contributed by atoms with E-state index in [9.17, 15) is 24.3 Å². The van der Waals surface area contributed by atoms with Gasteiger partial charge in [0.1, 0.15) is 5.38 Å². The van der Waals surface area contributed by atoms with Gasteiger partial charge in [0.05, 0.1) is 6.42 Å². The molecule has 0 aliphatic rings. The summed E-state index contributed by atoms with van der Waals surface area (Å²) >= 11 is 55.9.